The Kier molecular flexibility index (Phi) is 4.34. The van der Waals surface area contributed by atoms with Crippen molar-refractivity contribution in [2.45, 2.75) is 12.8 Å². The molecule has 1 amide bonds. The molecule has 1 aliphatic heterocycles. The van der Waals surface area contributed by atoms with E-state index in [1.165, 1.54) is 17.7 Å². The summed E-state index contributed by atoms with van der Waals surface area (Å²) in [5, 5.41) is 17.8. The fourth-order valence-corrected chi connectivity index (χ4v) is 3.36. The fourth-order valence-electron chi connectivity index (χ4n) is 2.83. The van der Waals surface area contributed by atoms with Gasteiger partial charge in [-0.3, -0.25) is 4.79 Å². The summed E-state index contributed by atoms with van der Waals surface area (Å²) in [4.78, 5) is 22.5. The first-order chi connectivity index (χ1) is 12.3. The van der Waals surface area contributed by atoms with Crippen molar-refractivity contribution in [2.24, 2.45) is 5.92 Å². The third kappa shape index (κ3) is 3.48. The van der Waals surface area contributed by atoms with Gasteiger partial charge in [0.1, 0.15) is 12.7 Å². The Hall–Kier alpha value is -2.88. The maximum absolute atomic E-state index is 12.4. The largest absolute Gasteiger partial charge is 0.354 e. The molecule has 3 aromatic heterocycles. The lowest BCUT2D eigenvalue weighted by Crippen LogP contribution is -2.41. The van der Waals surface area contributed by atoms with E-state index < -0.39 is 0 Å². The molecule has 1 aliphatic rings. The lowest BCUT2D eigenvalue weighted by atomic mass is 9.97. The van der Waals surface area contributed by atoms with Crippen molar-refractivity contribution in [3.05, 3.63) is 36.4 Å². The van der Waals surface area contributed by atoms with Crippen LogP contribution in [0.2, 0.25) is 0 Å². The molecule has 128 valence electrons. The Labute approximate surface area is 147 Å². The maximum atomic E-state index is 12.4. The number of carbonyl (C=O) groups excluding carboxylic acids is 1. The molecular formula is C15H16N8OS. The van der Waals surface area contributed by atoms with E-state index in [0.717, 1.165) is 25.2 Å². The van der Waals surface area contributed by atoms with Crippen LogP contribution in [-0.2, 0) is 4.79 Å². The van der Waals surface area contributed by atoms with Gasteiger partial charge in [0, 0.05) is 24.7 Å². The number of amides is 1. The molecule has 1 unspecified atom stereocenters. The van der Waals surface area contributed by atoms with E-state index in [4.69, 9.17) is 0 Å². The second-order valence-electron chi connectivity index (χ2n) is 5.70. The minimum absolute atomic E-state index is 0.00634. The monoisotopic (exact) mass is 356 g/mol. The average Bonchev–Trinajstić information content (AvgIpc) is 3.36. The van der Waals surface area contributed by atoms with Crippen LogP contribution in [0.5, 0.6) is 0 Å². The SMILES string of the molecule is O=C(Nc1nccs1)C1CCCN(c2ccc(-n3cncn3)nn2)C1. The lowest BCUT2D eigenvalue weighted by Gasteiger charge is -2.32. The van der Waals surface area contributed by atoms with Gasteiger partial charge in [-0.05, 0) is 25.0 Å². The first kappa shape index (κ1) is 15.6. The number of hydrogen-bond acceptors (Lipinski definition) is 8. The normalized spacial score (nSPS) is 17.4. The summed E-state index contributed by atoms with van der Waals surface area (Å²) in [6.45, 7) is 1.48. The molecule has 0 aromatic carbocycles. The molecule has 3 aromatic rings. The molecule has 1 fully saturated rings. The van der Waals surface area contributed by atoms with Gasteiger partial charge in [-0.25, -0.2) is 14.6 Å². The van der Waals surface area contributed by atoms with Gasteiger partial charge in [0.15, 0.2) is 16.8 Å². The minimum Gasteiger partial charge on any atom is -0.354 e. The highest BCUT2D eigenvalue weighted by Crippen LogP contribution is 2.23. The van der Waals surface area contributed by atoms with E-state index >= 15 is 0 Å². The molecule has 1 saturated heterocycles. The number of thiazole rings is 1. The van der Waals surface area contributed by atoms with Crippen LogP contribution in [0.25, 0.3) is 5.82 Å². The van der Waals surface area contributed by atoms with E-state index in [-0.39, 0.29) is 11.8 Å². The van der Waals surface area contributed by atoms with Crippen molar-refractivity contribution >= 4 is 28.2 Å². The summed E-state index contributed by atoms with van der Waals surface area (Å²) >= 11 is 1.42. The summed E-state index contributed by atoms with van der Waals surface area (Å²) in [5.74, 6) is 1.29. The summed E-state index contributed by atoms with van der Waals surface area (Å²) in [6.07, 6.45) is 6.50. The maximum Gasteiger partial charge on any atom is 0.231 e. The van der Waals surface area contributed by atoms with Crippen molar-refractivity contribution < 1.29 is 4.79 Å². The summed E-state index contributed by atoms with van der Waals surface area (Å²) < 4.78 is 1.55. The Morgan fingerprint density at radius 2 is 2.16 bits per heavy atom. The van der Waals surface area contributed by atoms with Crippen LogP contribution in [0.3, 0.4) is 0 Å². The van der Waals surface area contributed by atoms with E-state index in [0.29, 0.717) is 17.5 Å². The topological polar surface area (TPSA) is 102 Å². The molecule has 9 nitrogen and oxygen atoms in total. The summed E-state index contributed by atoms with van der Waals surface area (Å²) in [5.41, 5.74) is 0. The van der Waals surface area contributed by atoms with Crippen molar-refractivity contribution in [3.63, 3.8) is 0 Å². The smallest absolute Gasteiger partial charge is 0.231 e. The van der Waals surface area contributed by atoms with Crippen LogP contribution in [0.1, 0.15) is 12.8 Å². The average molecular weight is 356 g/mol. The van der Waals surface area contributed by atoms with Crippen molar-refractivity contribution in [1.29, 1.82) is 0 Å². The van der Waals surface area contributed by atoms with Crippen molar-refractivity contribution in [3.8, 4) is 5.82 Å². The molecule has 0 saturated carbocycles. The third-order valence-corrected chi connectivity index (χ3v) is 4.76. The first-order valence-corrected chi connectivity index (χ1v) is 8.81. The Morgan fingerprint density at radius 3 is 2.88 bits per heavy atom. The molecule has 10 heteroatoms. The van der Waals surface area contributed by atoms with Gasteiger partial charge in [0.25, 0.3) is 0 Å². The molecular weight excluding hydrogens is 340 g/mol. The number of rotatable bonds is 4. The quantitative estimate of drug-likeness (QED) is 0.753. The van der Waals surface area contributed by atoms with E-state index in [2.05, 4.69) is 35.5 Å². The number of nitrogens with one attached hydrogen (secondary N) is 1. The Bertz CT molecular complexity index is 818. The minimum atomic E-state index is -0.0885. The van der Waals surface area contributed by atoms with Gasteiger partial charge < -0.3 is 10.2 Å². The Morgan fingerprint density at radius 1 is 1.28 bits per heavy atom. The van der Waals surface area contributed by atoms with Crippen molar-refractivity contribution in [1.82, 2.24) is 29.9 Å². The second kappa shape index (κ2) is 6.93. The Balaban J connectivity index is 1.43. The van der Waals surface area contributed by atoms with Crippen LogP contribution >= 0.6 is 11.3 Å². The molecule has 0 spiro atoms. The number of hydrogen-bond donors (Lipinski definition) is 1. The number of aromatic nitrogens is 6. The van der Waals surface area contributed by atoms with Gasteiger partial charge in [0.05, 0.1) is 5.92 Å². The number of piperidine rings is 1. The molecule has 4 rings (SSSR count). The third-order valence-electron chi connectivity index (χ3n) is 4.07. The first-order valence-electron chi connectivity index (χ1n) is 7.93. The van der Waals surface area contributed by atoms with Gasteiger partial charge in [-0.15, -0.1) is 21.5 Å². The van der Waals surface area contributed by atoms with E-state index in [1.54, 1.807) is 17.2 Å². The van der Waals surface area contributed by atoms with Crippen LogP contribution in [-0.4, -0.2) is 48.9 Å². The van der Waals surface area contributed by atoms with Crippen LogP contribution in [0.15, 0.2) is 36.4 Å². The van der Waals surface area contributed by atoms with Gasteiger partial charge in [0.2, 0.25) is 5.91 Å². The molecule has 4 heterocycles. The number of carbonyl (C=O) groups is 1. The number of anilines is 2. The number of nitrogens with zero attached hydrogens (tertiary/aromatic N) is 7. The molecule has 1 N–H and O–H groups in total. The van der Waals surface area contributed by atoms with Gasteiger partial charge in [-0.1, -0.05) is 0 Å². The van der Waals surface area contributed by atoms with Crippen LogP contribution in [0, 0.1) is 5.92 Å². The molecule has 0 radical (unpaired) electrons. The molecule has 1 atom stereocenters. The molecule has 25 heavy (non-hydrogen) atoms. The second-order valence-corrected chi connectivity index (χ2v) is 6.60. The van der Waals surface area contributed by atoms with E-state index in [9.17, 15) is 4.79 Å². The highest BCUT2D eigenvalue weighted by atomic mass is 32.1. The predicted octanol–water partition coefficient (Wildman–Crippen LogP) is 1.37. The van der Waals surface area contributed by atoms with Crippen LogP contribution in [0.4, 0.5) is 10.9 Å². The summed E-state index contributed by atoms with van der Waals surface area (Å²) in [6, 6.07) is 3.74. The zero-order valence-electron chi connectivity index (χ0n) is 13.3. The zero-order chi connectivity index (χ0) is 17.1. The zero-order valence-corrected chi connectivity index (χ0v) is 14.1. The van der Waals surface area contributed by atoms with Gasteiger partial charge >= 0.3 is 0 Å². The molecule has 0 bridgehead atoms. The van der Waals surface area contributed by atoms with Crippen molar-refractivity contribution in [2.75, 3.05) is 23.3 Å². The van der Waals surface area contributed by atoms with Crippen LogP contribution < -0.4 is 10.2 Å². The standard InChI is InChI=1S/C15H16N8OS/c24-14(19-15-17-5-7-25-15)11-2-1-6-22(8-11)12-3-4-13(21-20-12)23-10-16-9-18-23/h3-5,7,9-11H,1-2,6,8H2,(H,17,19,24). The van der Waals surface area contributed by atoms with Gasteiger partial charge in [-0.2, -0.15) is 5.10 Å². The predicted molar refractivity (Wildman–Crippen MR) is 92.6 cm³/mol. The highest BCUT2D eigenvalue weighted by Gasteiger charge is 2.27. The summed E-state index contributed by atoms with van der Waals surface area (Å²) in [7, 11) is 0. The highest BCUT2D eigenvalue weighted by molar-refractivity contribution is 7.13. The molecule has 0 aliphatic carbocycles. The fraction of sp³-hybridized carbons (Fsp3) is 0.333. The lowest BCUT2D eigenvalue weighted by molar-refractivity contribution is -0.120. The van der Waals surface area contributed by atoms with E-state index in [1.807, 2.05) is 17.5 Å².